The number of nitrogens with zero attached hydrogens (tertiary/aromatic N) is 1. The molecule has 1 aliphatic rings. The third kappa shape index (κ3) is 3.98. The van der Waals surface area contributed by atoms with Crippen LogP contribution >= 0.6 is 0 Å². The molecular weight excluding hydrogens is 224 g/mol. The molecule has 3 nitrogen and oxygen atoms in total. The van der Waals surface area contributed by atoms with Crippen LogP contribution in [0.1, 0.15) is 59.3 Å². The van der Waals surface area contributed by atoms with Gasteiger partial charge >= 0.3 is 0 Å². The predicted molar refractivity (Wildman–Crippen MR) is 76.3 cm³/mol. The molecule has 0 aromatic rings. The maximum absolute atomic E-state index is 12.1. The van der Waals surface area contributed by atoms with Crippen LogP contribution in [0.25, 0.3) is 0 Å². The van der Waals surface area contributed by atoms with Gasteiger partial charge < -0.3 is 10.6 Å². The Kier molecular flexibility index (Phi) is 6.13. The van der Waals surface area contributed by atoms with E-state index in [9.17, 15) is 4.79 Å². The van der Waals surface area contributed by atoms with Crippen molar-refractivity contribution in [2.24, 2.45) is 17.1 Å². The summed E-state index contributed by atoms with van der Waals surface area (Å²) in [6, 6.07) is 0. The van der Waals surface area contributed by atoms with Gasteiger partial charge in [-0.25, -0.2) is 0 Å². The first-order valence-electron chi connectivity index (χ1n) is 7.54. The van der Waals surface area contributed by atoms with Crippen LogP contribution in [0.2, 0.25) is 0 Å². The Labute approximate surface area is 112 Å². The van der Waals surface area contributed by atoms with Crippen LogP contribution in [-0.4, -0.2) is 30.4 Å². The van der Waals surface area contributed by atoms with Crippen LogP contribution in [0.5, 0.6) is 0 Å². The lowest BCUT2D eigenvalue weighted by Gasteiger charge is -2.41. The van der Waals surface area contributed by atoms with Crippen LogP contribution in [0.4, 0.5) is 0 Å². The number of rotatable bonds is 6. The van der Waals surface area contributed by atoms with Gasteiger partial charge in [-0.3, -0.25) is 4.79 Å². The van der Waals surface area contributed by atoms with Crippen LogP contribution in [0.3, 0.4) is 0 Å². The van der Waals surface area contributed by atoms with Crippen molar-refractivity contribution >= 4 is 5.91 Å². The van der Waals surface area contributed by atoms with Gasteiger partial charge in [0, 0.05) is 19.5 Å². The van der Waals surface area contributed by atoms with Gasteiger partial charge in [-0.2, -0.15) is 0 Å². The number of amides is 1. The fraction of sp³-hybridized carbons (Fsp3) is 0.933. The van der Waals surface area contributed by atoms with E-state index in [-0.39, 0.29) is 0 Å². The molecule has 1 heterocycles. The minimum Gasteiger partial charge on any atom is -0.343 e. The lowest BCUT2D eigenvalue weighted by molar-refractivity contribution is -0.133. The number of nitrogens with two attached hydrogens (primary N) is 1. The van der Waals surface area contributed by atoms with Gasteiger partial charge in [0.2, 0.25) is 5.91 Å². The average molecular weight is 254 g/mol. The molecule has 1 aliphatic heterocycles. The summed E-state index contributed by atoms with van der Waals surface area (Å²) in [5, 5.41) is 0. The summed E-state index contributed by atoms with van der Waals surface area (Å²) in [6.45, 7) is 9.27. The Morgan fingerprint density at radius 1 is 1.28 bits per heavy atom. The highest BCUT2D eigenvalue weighted by Crippen LogP contribution is 2.37. The SMILES string of the molecule is CCC1(CC)CCN(C(=O)CCC(C)CN)CC1. The molecule has 0 aromatic heterocycles. The van der Waals surface area contributed by atoms with E-state index in [0.29, 0.717) is 30.2 Å². The summed E-state index contributed by atoms with van der Waals surface area (Å²) in [4.78, 5) is 14.2. The highest BCUT2D eigenvalue weighted by Gasteiger charge is 2.32. The van der Waals surface area contributed by atoms with Crippen LogP contribution in [0, 0.1) is 11.3 Å². The summed E-state index contributed by atoms with van der Waals surface area (Å²) in [7, 11) is 0. The molecule has 0 saturated carbocycles. The van der Waals surface area contributed by atoms with Crippen molar-refractivity contribution in [3.63, 3.8) is 0 Å². The lowest BCUT2D eigenvalue weighted by Crippen LogP contribution is -2.42. The van der Waals surface area contributed by atoms with Gasteiger partial charge in [0.1, 0.15) is 0 Å². The molecule has 0 bridgehead atoms. The summed E-state index contributed by atoms with van der Waals surface area (Å²) in [5.74, 6) is 0.792. The second-order valence-corrected chi connectivity index (χ2v) is 5.97. The number of hydrogen-bond acceptors (Lipinski definition) is 2. The molecule has 2 N–H and O–H groups in total. The molecule has 106 valence electrons. The second kappa shape index (κ2) is 7.13. The molecule has 0 radical (unpaired) electrons. The van der Waals surface area contributed by atoms with Crippen molar-refractivity contribution < 1.29 is 4.79 Å². The number of piperidine rings is 1. The number of carbonyl (C=O) groups excluding carboxylic acids is 1. The van der Waals surface area contributed by atoms with Crippen molar-refractivity contribution in [3.05, 3.63) is 0 Å². The normalized spacial score (nSPS) is 20.8. The lowest BCUT2D eigenvalue weighted by atomic mass is 9.74. The minimum absolute atomic E-state index is 0.330. The number of hydrogen-bond donors (Lipinski definition) is 1. The molecule has 0 aliphatic carbocycles. The highest BCUT2D eigenvalue weighted by molar-refractivity contribution is 5.76. The molecule has 1 atom stereocenters. The highest BCUT2D eigenvalue weighted by atomic mass is 16.2. The minimum atomic E-state index is 0.330. The fourth-order valence-electron chi connectivity index (χ4n) is 2.83. The van der Waals surface area contributed by atoms with E-state index in [2.05, 4.69) is 25.7 Å². The molecule has 18 heavy (non-hydrogen) atoms. The number of carbonyl (C=O) groups is 1. The van der Waals surface area contributed by atoms with Gasteiger partial charge in [0.05, 0.1) is 0 Å². The Bertz CT molecular complexity index is 251. The first-order chi connectivity index (χ1) is 8.56. The largest absolute Gasteiger partial charge is 0.343 e. The van der Waals surface area contributed by atoms with E-state index in [1.165, 1.54) is 25.7 Å². The van der Waals surface area contributed by atoms with E-state index in [1.807, 2.05) is 0 Å². The molecule has 1 saturated heterocycles. The molecule has 0 aromatic carbocycles. The van der Waals surface area contributed by atoms with Gasteiger partial charge in [0.15, 0.2) is 0 Å². The summed E-state index contributed by atoms with van der Waals surface area (Å²) in [5.41, 5.74) is 6.08. The predicted octanol–water partition coefficient (Wildman–Crippen LogP) is 2.79. The van der Waals surface area contributed by atoms with Crippen molar-refractivity contribution in [1.82, 2.24) is 4.90 Å². The van der Waals surface area contributed by atoms with Crippen molar-refractivity contribution in [1.29, 1.82) is 0 Å². The van der Waals surface area contributed by atoms with E-state index in [4.69, 9.17) is 5.73 Å². The van der Waals surface area contributed by atoms with Crippen molar-refractivity contribution in [2.75, 3.05) is 19.6 Å². The van der Waals surface area contributed by atoms with Crippen LogP contribution in [-0.2, 0) is 4.79 Å². The monoisotopic (exact) mass is 254 g/mol. The average Bonchev–Trinajstić information content (AvgIpc) is 2.44. The van der Waals surface area contributed by atoms with Crippen LogP contribution in [0.15, 0.2) is 0 Å². The molecule has 1 fully saturated rings. The van der Waals surface area contributed by atoms with Crippen LogP contribution < -0.4 is 5.73 Å². The Hall–Kier alpha value is -0.570. The maximum atomic E-state index is 12.1. The van der Waals surface area contributed by atoms with Crippen molar-refractivity contribution in [2.45, 2.75) is 59.3 Å². The third-order valence-corrected chi connectivity index (χ3v) is 4.93. The Morgan fingerprint density at radius 3 is 2.28 bits per heavy atom. The Morgan fingerprint density at radius 2 is 1.83 bits per heavy atom. The van der Waals surface area contributed by atoms with E-state index >= 15 is 0 Å². The summed E-state index contributed by atoms with van der Waals surface area (Å²) in [6.07, 6.45) is 6.45. The summed E-state index contributed by atoms with van der Waals surface area (Å²) >= 11 is 0. The topological polar surface area (TPSA) is 46.3 Å². The van der Waals surface area contributed by atoms with Crippen molar-refractivity contribution in [3.8, 4) is 0 Å². The third-order valence-electron chi connectivity index (χ3n) is 4.93. The Balaban J connectivity index is 2.36. The van der Waals surface area contributed by atoms with Gasteiger partial charge in [-0.1, -0.05) is 33.6 Å². The van der Waals surface area contributed by atoms with E-state index in [1.54, 1.807) is 0 Å². The van der Waals surface area contributed by atoms with Gasteiger partial charge in [-0.15, -0.1) is 0 Å². The quantitative estimate of drug-likeness (QED) is 0.792. The first-order valence-corrected chi connectivity index (χ1v) is 7.54. The zero-order valence-corrected chi connectivity index (χ0v) is 12.4. The molecule has 3 heteroatoms. The smallest absolute Gasteiger partial charge is 0.222 e. The molecule has 0 spiro atoms. The van der Waals surface area contributed by atoms with E-state index < -0.39 is 0 Å². The number of likely N-dealkylation sites (tertiary alicyclic amines) is 1. The first kappa shape index (κ1) is 15.5. The molecule has 1 unspecified atom stereocenters. The second-order valence-electron chi connectivity index (χ2n) is 5.97. The van der Waals surface area contributed by atoms with E-state index in [0.717, 1.165) is 19.5 Å². The fourth-order valence-corrected chi connectivity index (χ4v) is 2.83. The van der Waals surface area contributed by atoms with Gasteiger partial charge in [-0.05, 0) is 37.1 Å². The molecule has 1 amide bonds. The maximum Gasteiger partial charge on any atom is 0.222 e. The molecule has 1 rings (SSSR count). The standard InChI is InChI=1S/C15H30N2O/c1-4-15(5-2)8-10-17(11-9-15)14(18)7-6-13(3)12-16/h13H,4-12,16H2,1-3H3. The summed E-state index contributed by atoms with van der Waals surface area (Å²) < 4.78 is 0. The molecular formula is C15H30N2O. The zero-order chi connectivity index (χ0) is 13.6. The van der Waals surface area contributed by atoms with Gasteiger partial charge in [0.25, 0.3) is 0 Å². The zero-order valence-electron chi connectivity index (χ0n) is 12.4.